The highest BCUT2D eigenvalue weighted by Crippen LogP contribution is 2.12. The Bertz CT molecular complexity index is 434. The number of rotatable bonds is 4. The summed E-state index contributed by atoms with van der Waals surface area (Å²) in [4.78, 5) is 0.149. The molecule has 0 N–H and O–H groups in total. The molecule has 0 saturated carbocycles. The Morgan fingerprint density at radius 2 is 1.93 bits per heavy atom. The fourth-order valence-electron chi connectivity index (χ4n) is 0.938. The largest absolute Gasteiger partial charge is 0.297 e. The van der Waals surface area contributed by atoms with E-state index in [-0.39, 0.29) is 11.5 Å². The molecule has 0 radical (unpaired) electrons. The van der Waals surface area contributed by atoms with E-state index in [1.807, 2.05) is 6.92 Å². The van der Waals surface area contributed by atoms with Crippen molar-refractivity contribution < 1.29 is 12.6 Å². The molecule has 0 fully saturated rings. The van der Waals surface area contributed by atoms with Crippen LogP contribution in [0.5, 0.6) is 0 Å². The summed E-state index contributed by atoms with van der Waals surface area (Å²) in [6, 6.07) is 6.45. The summed E-state index contributed by atoms with van der Waals surface area (Å²) in [5.74, 6) is 0. The Morgan fingerprint density at radius 1 is 1.33 bits per heavy atom. The van der Waals surface area contributed by atoms with Crippen LogP contribution in [0.2, 0.25) is 0 Å². The predicted octanol–water partition coefficient (Wildman–Crippen LogP) is 2.45. The molecule has 0 heterocycles. The van der Waals surface area contributed by atoms with Crippen molar-refractivity contribution in [1.82, 2.24) is 0 Å². The Balaban J connectivity index is 2.82. The summed E-state index contributed by atoms with van der Waals surface area (Å²) in [5, 5.41) is 0. The molecule has 0 aliphatic carbocycles. The van der Waals surface area contributed by atoms with Gasteiger partial charge in [-0.15, -0.1) is 0 Å². The van der Waals surface area contributed by atoms with Crippen LogP contribution in [0, 0.1) is 6.92 Å². The van der Waals surface area contributed by atoms with Gasteiger partial charge in [0.05, 0.1) is 11.5 Å². The minimum Gasteiger partial charge on any atom is -0.262 e. The molecule has 0 aliphatic rings. The van der Waals surface area contributed by atoms with Gasteiger partial charge in [0.25, 0.3) is 10.1 Å². The predicted molar refractivity (Wildman–Crippen MR) is 59.3 cm³/mol. The summed E-state index contributed by atoms with van der Waals surface area (Å²) < 4.78 is 27.7. The molecule has 5 heteroatoms. The minimum atomic E-state index is -3.66. The van der Waals surface area contributed by atoms with Gasteiger partial charge in [0.1, 0.15) is 0 Å². The van der Waals surface area contributed by atoms with Crippen LogP contribution in [0.4, 0.5) is 0 Å². The summed E-state index contributed by atoms with van der Waals surface area (Å²) in [6.45, 7) is 1.83. The number of hydrogen-bond donors (Lipinski definition) is 0. The second-order valence-corrected chi connectivity index (χ2v) is 4.78. The molecule has 0 bridgehead atoms. The van der Waals surface area contributed by atoms with Crippen molar-refractivity contribution in [2.24, 2.45) is 0 Å². The maximum atomic E-state index is 11.5. The average Bonchev–Trinajstić information content (AvgIpc) is 2.18. The lowest BCUT2D eigenvalue weighted by atomic mass is 10.2. The summed E-state index contributed by atoms with van der Waals surface area (Å²) in [6.07, 6.45) is 1.41. The van der Waals surface area contributed by atoms with Crippen molar-refractivity contribution in [2.45, 2.75) is 11.8 Å². The van der Waals surface area contributed by atoms with Gasteiger partial charge in [-0.3, -0.25) is 4.18 Å². The monoisotopic (exact) mass is 246 g/mol. The molecule has 1 aromatic carbocycles. The zero-order valence-electron chi connectivity index (χ0n) is 8.18. The first-order valence-electron chi connectivity index (χ1n) is 4.27. The van der Waals surface area contributed by atoms with Crippen molar-refractivity contribution in [1.29, 1.82) is 0 Å². The quantitative estimate of drug-likeness (QED) is 0.767. The van der Waals surface area contributed by atoms with E-state index in [2.05, 4.69) is 0 Å². The normalized spacial score (nSPS) is 12.1. The molecule has 0 atom stereocenters. The van der Waals surface area contributed by atoms with Crippen molar-refractivity contribution in [3.05, 3.63) is 41.4 Å². The summed E-state index contributed by atoms with van der Waals surface area (Å²) in [5.41, 5.74) is 2.21. The van der Waals surface area contributed by atoms with E-state index in [0.29, 0.717) is 0 Å². The van der Waals surface area contributed by atoms with Crippen LogP contribution < -0.4 is 0 Å². The van der Waals surface area contributed by atoms with Crippen LogP contribution in [-0.2, 0) is 14.3 Å². The van der Waals surface area contributed by atoms with Gasteiger partial charge in [0.2, 0.25) is 0 Å². The number of benzene rings is 1. The highest BCUT2D eigenvalue weighted by atomic mass is 35.5. The van der Waals surface area contributed by atoms with Gasteiger partial charge in [-0.2, -0.15) is 8.42 Å². The zero-order chi connectivity index (χ0) is 11.3. The lowest BCUT2D eigenvalue weighted by molar-refractivity contribution is 0.357. The molecule has 15 heavy (non-hydrogen) atoms. The van der Waals surface area contributed by atoms with Crippen LogP contribution in [0.3, 0.4) is 0 Å². The minimum absolute atomic E-state index is 0.0558. The van der Waals surface area contributed by atoms with E-state index in [0.717, 1.165) is 5.56 Å². The molecule has 0 spiro atoms. The Labute approximate surface area is 94.5 Å². The highest BCUT2D eigenvalue weighted by molar-refractivity contribution is 7.86. The van der Waals surface area contributed by atoms with Gasteiger partial charge in [0.15, 0.2) is 0 Å². The van der Waals surface area contributed by atoms with E-state index in [1.165, 1.54) is 23.7 Å². The molecule has 1 aromatic rings. The van der Waals surface area contributed by atoms with Gasteiger partial charge < -0.3 is 0 Å². The van der Waals surface area contributed by atoms with Crippen LogP contribution in [0.25, 0.3) is 0 Å². The van der Waals surface area contributed by atoms with Gasteiger partial charge in [-0.05, 0) is 25.1 Å². The van der Waals surface area contributed by atoms with E-state index in [4.69, 9.17) is 15.8 Å². The molecule has 3 nitrogen and oxygen atoms in total. The Kier molecular flexibility index (Phi) is 4.32. The van der Waals surface area contributed by atoms with Gasteiger partial charge in [-0.25, -0.2) is 0 Å². The molecule has 0 amide bonds. The molecule has 0 aromatic heterocycles. The third-order valence-corrected chi connectivity index (χ3v) is 3.19. The molecule has 0 aliphatic heterocycles. The molecular formula is C10H11ClO3S. The zero-order valence-corrected chi connectivity index (χ0v) is 9.75. The van der Waals surface area contributed by atoms with Crippen LogP contribution >= 0.6 is 11.6 Å². The first kappa shape index (κ1) is 12.2. The topological polar surface area (TPSA) is 43.4 Å². The van der Waals surface area contributed by atoms with Crippen molar-refractivity contribution in [3.8, 4) is 0 Å². The van der Waals surface area contributed by atoms with Crippen molar-refractivity contribution >= 4 is 21.7 Å². The smallest absolute Gasteiger partial charge is 0.262 e. The number of aryl methyl sites for hydroxylation is 1. The lowest BCUT2D eigenvalue weighted by Crippen LogP contribution is -2.06. The first-order chi connectivity index (χ1) is 7.06. The second kappa shape index (κ2) is 5.30. The second-order valence-electron chi connectivity index (χ2n) is 2.91. The SMILES string of the molecule is Cc1ccc(S(=O)(=O)OC/C=C\Cl)cc1. The van der Waals surface area contributed by atoms with E-state index in [1.54, 1.807) is 12.1 Å². The fourth-order valence-corrected chi connectivity index (χ4v) is 1.87. The Hall–Kier alpha value is -0.840. The molecule has 0 saturated heterocycles. The van der Waals surface area contributed by atoms with Crippen LogP contribution in [-0.4, -0.2) is 15.0 Å². The van der Waals surface area contributed by atoms with Gasteiger partial charge in [-0.1, -0.05) is 29.3 Å². The highest BCUT2D eigenvalue weighted by Gasteiger charge is 2.13. The summed E-state index contributed by atoms with van der Waals surface area (Å²) in [7, 11) is -3.66. The van der Waals surface area contributed by atoms with Gasteiger partial charge >= 0.3 is 0 Å². The Morgan fingerprint density at radius 3 is 2.47 bits per heavy atom. The molecule has 1 rings (SSSR count). The standard InChI is InChI=1S/C10H11ClO3S/c1-9-3-5-10(6-4-9)15(12,13)14-8-2-7-11/h2-7H,8H2,1H3/b7-2-. The number of hydrogen-bond acceptors (Lipinski definition) is 3. The van der Waals surface area contributed by atoms with Crippen LogP contribution in [0.15, 0.2) is 40.8 Å². The first-order valence-corrected chi connectivity index (χ1v) is 6.12. The van der Waals surface area contributed by atoms with Crippen molar-refractivity contribution in [3.63, 3.8) is 0 Å². The molecular weight excluding hydrogens is 236 g/mol. The lowest BCUT2D eigenvalue weighted by Gasteiger charge is -2.03. The molecule has 82 valence electrons. The maximum absolute atomic E-state index is 11.5. The third kappa shape index (κ3) is 3.66. The maximum Gasteiger partial charge on any atom is 0.297 e. The van der Waals surface area contributed by atoms with E-state index < -0.39 is 10.1 Å². The summed E-state index contributed by atoms with van der Waals surface area (Å²) >= 11 is 5.24. The fraction of sp³-hybridized carbons (Fsp3) is 0.200. The van der Waals surface area contributed by atoms with E-state index in [9.17, 15) is 8.42 Å². The van der Waals surface area contributed by atoms with E-state index >= 15 is 0 Å². The van der Waals surface area contributed by atoms with Crippen molar-refractivity contribution in [2.75, 3.05) is 6.61 Å². The third-order valence-electron chi connectivity index (χ3n) is 1.72. The molecule has 0 unspecified atom stereocenters. The number of halogens is 1. The average molecular weight is 247 g/mol. The van der Waals surface area contributed by atoms with Crippen LogP contribution in [0.1, 0.15) is 5.56 Å². The van der Waals surface area contributed by atoms with Gasteiger partial charge in [0, 0.05) is 5.54 Å².